The first kappa shape index (κ1) is 13.4. The third kappa shape index (κ3) is 2.40. The molecule has 0 fully saturated rings. The van der Waals surface area contributed by atoms with Crippen LogP contribution in [-0.4, -0.2) is 19.7 Å². The van der Waals surface area contributed by atoms with Crippen molar-refractivity contribution in [2.75, 3.05) is 5.73 Å². The van der Waals surface area contributed by atoms with Crippen LogP contribution in [0, 0.1) is 27.7 Å². The number of furan rings is 1. The summed E-state index contributed by atoms with van der Waals surface area (Å²) in [5.41, 5.74) is 10.0. The fourth-order valence-electron chi connectivity index (χ4n) is 2.37. The molecule has 108 valence electrons. The Bertz CT molecular complexity index is 795. The van der Waals surface area contributed by atoms with Crippen molar-refractivity contribution >= 4 is 5.69 Å². The zero-order valence-corrected chi connectivity index (χ0v) is 12.5. The summed E-state index contributed by atoms with van der Waals surface area (Å²) in [6.07, 6.45) is 1.73. The Morgan fingerprint density at radius 2 is 1.71 bits per heavy atom. The van der Waals surface area contributed by atoms with Gasteiger partial charge in [0.2, 0.25) is 0 Å². The average Bonchev–Trinajstić information content (AvgIpc) is 2.91. The second kappa shape index (κ2) is 4.73. The van der Waals surface area contributed by atoms with Crippen LogP contribution in [-0.2, 0) is 0 Å². The quantitative estimate of drug-likeness (QED) is 0.782. The lowest BCUT2D eigenvalue weighted by Gasteiger charge is -2.02. The van der Waals surface area contributed by atoms with E-state index >= 15 is 0 Å². The van der Waals surface area contributed by atoms with E-state index in [4.69, 9.17) is 10.2 Å². The normalized spacial score (nSPS) is 11.0. The number of nitrogens with zero attached hydrogens (tertiary/aromatic N) is 4. The zero-order chi connectivity index (χ0) is 15.1. The van der Waals surface area contributed by atoms with Crippen molar-refractivity contribution in [3.05, 3.63) is 41.2 Å². The number of hydrogen-bond acceptors (Lipinski definition) is 5. The van der Waals surface area contributed by atoms with Gasteiger partial charge >= 0.3 is 0 Å². The van der Waals surface area contributed by atoms with E-state index in [0.29, 0.717) is 17.3 Å². The summed E-state index contributed by atoms with van der Waals surface area (Å²) in [5, 5.41) is 4.51. The zero-order valence-electron chi connectivity index (χ0n) is 12.5. The molecule has 0 amide bonds. The van der Waals surface area contributed by atoms with E-state index in [1.807, 2.05) is 39.8 Å². The van der Waals surface area contributed by atoms with Gasteiger partial charge in [-0.05, 0) is 39.8 Å². The number of nitrogens with two attached hydrogens (primary N) is 1. The summed E-state index contributed by atoms with van der Waals surface area (Å²) in [6.45, 7) is 7.65. The molecule has 0 atom stereocenters. The summed E-state index contributed by atoms with van der Waals surface area (Å²) < 4.78 is 7.14. The number of hydrogen-bond donors (Lipinski definition) is 1. The monoisotopic (exact) mass is 283 g/mol. The molecule has 6 heteroatoms. The number of rotatable bonds is 2. The summed E-state index contributed by atoms with van der Waals surface area (Å²) >= 11 is 0. The molecule has 0 saturated heterocycles. The topological polar surface area (TPSA) is 82.8 Å². The molecular weight excluding hydrogens is 266 g/mol. The molecule has 3 rings (SSSR count). The molecule has 0 saturated carbocycles. The average molecular weight is 283 g/mol. The Kier molecular flexibility index (Phi) is 3.01. The molecule has 6 nitrogen and oxygen atoms in total. The van der Waals surface area contributed by atoms with Gasteiger partial charge in [0, 0.05) is 17.0 Å². The minimum atomic E-state index is 0.517. The maximum absolute atomic E-state index is 6.08. The van der Waals surface area contributed by atoms with Gasteiger partial charge in [0.25, 0.3) is 5.95 Å². The van der Waals surface area contributed by atoms with E-state index in [2.05, 4.69) is 15.1 Å². The largest absolute Gasteiger partial charge is 0.466 e. The van der Waals surface area contributed by atoms with Crippen molar-refractivity contribution in [1.82, 2.24) is 19.7 Å². The summed E-state index contributed by atoms with van der Waals surface area (Å²) in [7, 11) is 0. The van der Waals surface area contributed by atoms with E-state index in [-0.39, 0.29) is 0 Å². The predicted molar refractivity (Wildman–Crippen MR) is 80.2 cm³/mol. The van der Waals surface area contributed by atoms with Gasteiger partial charge < -0.3 is 10.2 Å². The Balaban J connectivity index is 2.11. The highest BCUT2D eigenvalue weighted by Crippen LogP contribution is 2.30. The molecule has 0 aliphatic rings. The maximum atomic E-state index is 6.08. The smallest absolute Gasteiger partial charge is 0.251 e. The SMILES string of the molecule is Cc1cc(C)nc(-n2cc(N)c(-c3cc(C)oc3C)n2)n1. The van der Waals surface area contributed by atoms with Crippen LogP contribution < -0.4 is 5.73 Å². The molecule has 0 radical (unpaired) electrons. The summed E-state index contributed by atoms with van der Waals surface area (Å²) in [4.78, 5) is 8.78. The molecule has 0 aliphatic carbocycles. The first-order valence-corrected chi connectivity index (χ1v) is 6.69. The first-order valence-electron chi connectivity index (χ1n) is 6.69. The number of nitrogen functional groups attached to an aromatic ring is 1. The highest BCUT2D eigenvalue weighted by Gasteiger charge is 2.16. The van der Waals surface area contributed by atoms with E-state index in [9.17, 15) is 0 Å². The van der Waals surface area contributed by atoms with E-state index in [1.54, 1.807) is 10.9 Å². The first-order chi connectivity index (χ1) is 9.94. The Morgan fingerprint density at radius 3 is 2.29 bits per heavy atom. The van der Waals surface area contributed by atoms with Crippen LogP contribution in [0.25, 0.3) is 17.2 Å². The Morgan fingerprint density at radius 1 is 1.05 bits per heavy atom. The standard InChI is InChI=1S/C15H17N5O/c1-8-5-9(2)18-15(17-8)20-7-13(16)14(19-20)12-6-10(3)21-11(12)4/h5-7H,16H2,1-4H3. The van der Waals surface area contributed by atoms with Crippen LogP contribution in [0.5, 0.6) is 0 Å². The molecule has 0 spiro atoms. The molecule has 0 aliphatic heterocycles. The minimum absolute atomic E-state index is 0.517. The summed E-state index contributed by atoms with van der Waals surface area (Å²) in [6, 6.07) is 3.85. The second-order valence-corrected chi connectivity index (χ2v) is 5.16. The van der Waals surface area contributed by atoms with Crippen molar-refractivity contribution < 1.29 is 4.42 Å². The predicted octanol–water partition coefficient (Wildman–Crippen LogP) is 2.74. The lowest BCUT2D eigenvalue weighted by Crippen LogP contribution is -2.04. The van der Waals surface area contributed by atoms with Crippen LogP contribution in [0.1, 0.15) is 22.9 Å². The third-order valence-corrected chi connectivity index (χ3v) is 3.21. The van der Waals surface area contributed by atoms with Crippen molar-refractivity contribution in [3.8, 4) is 17.2 Å². The van der Waals surface area contributed by atoms with E-state index in [0.717, 1.165) is 28.5 Å². The molecule has 0 aromatic carbocycles. The van der Waals surface area contributed by atoms with Crippen LogP contribution in [0.2, 0.25) is 0 Å². The molecular formula is C15H17N5O. The van der Waals surface area contributed by atoms with E-state index in [1.165, 1.54) is 0 Å². The maximum Gasteiger partial charge on any atom is 0.251 e. The van der Waals surface area contributed by atoms with Gasteiger partial charge in [-0.3, -0.25) is 0 Å². The number of anilines is 1. The summed E-state index contributed by atoms with van der Waals surface area (Å²) in [5.74, 6) is 2.15. The number of aryl methyl sites for hydroxylation is 4. The fourth-order valence-corrected chi connectivity index (χ4v) is 2.37. The van der Waals surface area contributed by atoms with Crippen molar-refractivity contribution in [3.63, 3.8) is 0 Å². The van der Waals surface area contributed by atoms with Gasteiger partial charge in [-0.2, -0.15) is 5.10 Å². The molecule has 21 heavy (non-hydrogen) atoms. The van der Waals surface area contributed by atoms with Crippen molar-refractivity contribution in [2.45, 2.75) is 27.7 Å². The van der Waals surface area contributed by atoms with Crippen molar-refractivity contribution in [1.29, 1.82) is 0 Å². The molecule has 3 heterocycles. The van der Waals surface area contributed by atoms with Crippen LogP contribution >= 0.6 is 0 Å². The third-order valence-electron chi connectivity index (χ3n) is 3.21. The molecule has 3 aromatic rings. The molecule has 0 unspecified atom stereocenters. The lowest BCUT2D eigenvalue weighted by atomic mass is 10.1. The van der Waals surface area contributed by atoms with Gasteiger partial charge in [0.1, 0.15) is 17.2 Å². The lowest BCUT2D eigenvalue weighted by molar-refractivity contribution is 0.505. The number of aromatic nitrogens is 4. The van der Waals surface area contributed by atoms with Gasteiger partial charge in [0.05, 0.1) is 11.9 Å². The van der Waals surface area contributed by atoms with Crippen LogP contribution in [0.3, 0.4) is 0 Å². The molecule has 0 bridgehead atoms. The molecule has 2 N–H and O–H groups in total. The fraction of sp³-hybridized carbons (Fsp3) is 0.267. The van der Waals surface area contributed by atoms with Gasteiger partial charge in [-0.1, -0.05) is 0 Å². The minimum Gasteiger partial charge on any atom is -0.466 e. The highest BCUT2D eigenvalue weighted by molar-refractivity contribution is 5.74. The highest BCUT2D eigenvalue weighted by atomic mass is 16.3. The van der Waals surface area contributed by atoms with Crippen LogP contribution in [0.4, 0.5) is 5.69 Å². The Labute approximate surface area is 122 Å². The molecule has 3 aromatic heterocycles. The van der Waals surface area contributed by atoms with Gasteiger partial charge in [-0.25, -0.2) is 14.6 Å². The van der Waals surface area contributed by atoms with E-state index < -0.39 is 0 Å². The second-order valence-electron chi connectivity index (χ2n) is 5.16. The Hall–Kier alpha value is -2.63. The van der Waals surface area contributed by atoms with Gasteiger partial charge in [-0.15, -0.1) is 0 Å². The van der Waals surface area contributed by atoms with Gasteiger partial charge in [0.15, 0.2) is 0 Å². The van der Waals surface area contributed by atoms with Crippen molar-refractivity contribution in [2.24, 2.45) is 0 Å². The van der Waals surface area contributed by atoms with Crippen LogP contribution in [0.15, 0.2) is 22.7 Å².